The Morgan fingerprint density at radius 2 is 1.90 bits per heavy atom. The Balaban J connectivity index is 1.49. The third-order valence-corrected chi connectivity index (χ3v) is 5.37. The number of carbonyl (C=O) groups is 1. The Bertz CT molecular complexity index is 981. The fourth-order valence-electron chi connectivity index (χ4n) is 3.57. The Morgan fingerprint density at radius 1 is 1.14 bits per heavy atom. The number of nitrogens with zero attached hydrogens (tertiary/aromatic N) is 3. The molecule has 3 aromatic rings. The summed E-state index contributed by atoms with van der Waals surface area (Å²) in [5, 5.41) is 7.56. The highest BCUT2D eigenvalue weighted by molar-refractivity contribution is 6.32. The smallest absolute Gasteiger partial charge is 0.257 e. The molecule has 4 rings (SSSR count). The van der Waals surface area contributed by atoms with Crippen LogP contribution in [0.15, 0.2) is 54.7 Å². The van der Waals surface area contributed by atoms with Gasteiger partial charge in [-0.05, 0) is 37.3 Å². The van der Waals surface area contributed by atoms with E-state index in [9.17, 15) is 4.79 Å². The maximum Gasteiger partial charge on any atom is 0.257 e. The van der Waals surface area contributed by atoms with Crippen LogP contribution in [-0.2, 0) is 0 Å². The van der Waals surface area contributed by atoms with Gasteiger partial charge in [-0.2, -0.15) is 5.10 Å². The molecular formula is C22H23ClN4O2. The molecule has 0 bridgehead atoms. The lowest BCUT2D eigenvalue weighted by molar-refractivity contribution is 0.0747. The molecule has 1 N–H and O–H groups in total. The van der Waals surface area contributed by atoms with Crippen LogP contribution in [0, 0.1) is 0 Å². The minimum absolute atomic E-state index is 0.0218. The molecular weight excluding hydrogens is 388 g/mol. The summed E-state index contributed by atoms with van der Waals surface area (Å²) in [4.78, 5) is 17.3. The van der Waals surface area contributed by atoms with Gasteiger partial charge in [0.1, 0.15) is 5.75 Å². The molecule has 0 atom stereocenters. The Labute approximate surface area is 175 Å². The van der Waals surface area contributed by atoms with Crippen molar-refractivity contribution in [1.29, 1.82) is 0 Å². The number of piperazine rings is 1. The summed E-state index contributed by atoms with van der Waals surface area (Å²) in [6.45, 7) is 5.40. The van der Waals surface area contributed by atoms with E-state index >= 15 is 0 Å². The van der Waals surface area contributed by atoms with E-state index in [1.54, 1.807) is 12.3 Å². The fourth-order valence-corrected chi connectivity index (χ4v) is 3.81. The number of rotatable bonds is 5. The van der Waals surface area contributed by atoms with Gasteiger partial charge in [0.25, 0.3) is 5.91 Å². The number of anilines is 1. The summed E-state index contributed by atoms with van der Waals surface area (Å²) in [6, 6.07) is 15.8. The van der Waals surface area contributed by atoms with Crippen LogP contribution in [0.3, 0.4) is 0 Å². The van der Waals surface area contributed by atoms with E-state index in [1.165, 1.54) is 5.69 Å². The zero-order valence-corrected chi connectivity index (χ0v) is 17.0. The molecule has 1 aromatic heterocycles. The molecule has 6 nitrogen and oxygen atoms in total. The number of ether oxygens (including phenoxy) is 1. The molecule has 1 aliphatic rings. The van der Waals surface area contributed by atoms with Crippen molar-refractivity contribution in [1.82, 2.24) is 15.1 Å². The van der Waals surface area contributed by atoms with E-state index < -0.39 is 0 Å². The van der Waals surface area contributed by atoms with Gasteiger partial charge in [-0.25, -0.2) is 0 Å². The molecule has 150 valence electrons. The van der Waals surface area contributed by atoms with Crippen LogP contribution in [0.1, 0.15) is 17.3 Å². The van der Waals surface area contributed by atoms with E-state index in [-0.39, 0.29) is 5.91 Å². The number of halogens is 1. The predicted molar refractivity (Wildman–Crippen MR) is 115 cm³/mol. The van der Waals surface area contributed by atoms with Gasteiger partial charge >= 0.3 is 0 Å². The molecule has 2 aromatic carbocycles. The number of H-pyrrole nitrogens is 1. The lowest BCUT2D eigenvalue weighted by Crippen LogP contribution is -2.48. The second-order valence-electron chi connectivity index (χ2n) is 6.85. The molecule has 2 heterocycles. The minimum atomic E-state index is -0.0218. The summed E-state index contributed by atoms with van der Waals surface area (Å²) in [7, 11) is 0. The van der Waals surface area contributed by atoms with Crippen LogP contribution in [0.5, 0.6) is 5.75 Å². The maximum absolute atomic E-state index is 13.1. The lowest BCUT2D eigenvalue weighted by Gasteiger charge is -2.36. The van der Waals surface area contributed by atoms with Crippen LogP contribution in [0.2, 0.25) is 5.02 Å². The molecule has 1 fully saturated rings. The lowest BCUT2D eigenvalue weighted by atomic mass is 10.1. The van der Waals surface area contributed by atoms with Gasteiger partial charge in [-0.1, -0.05) is 29.8 Å². The highest BCUT2D eigenvalue weighted by Gasteiger charge is 2.25. The average Bonchev–Trinajstić information content (AvgIpc) is 3.25. The number of hydrogen-bond acceptors (Lipinski definition) is 4. The Morgan fingerprint density at radius 3 is 2.59 bits per heavy atom. The molecule has 29 heavy (non-hydrogen) atoms. The highest BCUT2D eigenvalue weighted by Crippen LogP contribution is 2.31. The molecule has 0 radical (unpaired) electrons. The van der Waals surface area contributed by atoms with Crippen molar-refractivity contribution in [2.45, 2.75) is 6.92 Å². The predicted octanol–water partition coefficient (Wildman–Crippen LogP) is 4.09. The van der Waals surface area contributed by atoms with Crippen LogP contribution in [-0.4, -0.2) is 53.8 Å². The van der Waals surface area contributed by atoms with E-state index in [0.717, 1.165) is 18.7 Å². The SMILES string of the molecule is CCOc1ccc(-c2[nH]ncc2C(=O)N2CCN(c3ccccc3)CC2)cc1Cl. The average molecular weight is 411 g/mol. The largest absolute Gasteiger partial charge is 0.492 e. The number of nitrogens with one attached hydrogen (secondary N) is 1. The van der Waals surface area contributed by atoms with Gasteiger partial charge in [-0.15, -0.1) is 0 Å². The Hall–Kier alpha value is -2.99. The standard InChI is InChI=1S/C22H23ClN4O2/c1-2-29-20-9-8-16(14-19(20)23)21-18(15-24-25-21)22(28)27-12-10-26(11-13-27)17-6-4-3-5-7-17/h3-9,14-15H,2,10-13H2,1H3,(H,24,25). The molecule has 7 heteroatoms. The summed E-state index contributed by atoms with van der Waals surface area (Å²) in [5.41, 5.74) is 3.22. The molecule has 1 amide bonds. The van der Waals surface area contributed by atoms with Crippen LogP contribution in [0.25, 0.3) is 11.3 Å². The number of aromatic nitrogens is 2. The third kappa shape index (κ3) is 4.07. The van der Waals surface area contributed by atoms with Crippen LogP contribution in [0.4, 0.5) is 5.69 Å². The van der Waals surface area contributed by atoms with Crippen molar-refractivity contribution in [2.24, 2.45) is 0 Å². The first-order chi connectivity index (χ1) is 14.2. The maximum atomic E-state index is 13.1. The second kappa shape index (κ2) is 8.57. The van der Waals surface area contributed by atoms with Crippen molar-refractivity contribution >= 4 is 23.2 Å². The van der Waals surface area contributed by atoms with Gasteiger partial charge in [0.15, 0.2) is 0 Å². The quantitative estimate of drug-likeness (QED) is 0.688. The number of benzene rings is 2. The zero-order valence-electron chi connectivity index (χ0n) is 16.3. The monoisotopic (exact) mass is 410 g/mol. The van der Waals surface area contributed by atoms with Crippen molar-refractivity contribution in [2.75, 3.05) is 37.7 Å². The van der Waals surface area contributed by atoms with Gasteiger partial charge in [0, 0.05) is 37.4 Å². The van der Waals surface area contributed by atoms with Crippen molar-refractivity contribution < 1.29 is 9.53 Å². The normalized spacial score (nSPS) is 14.1. The van der Waals surface area contributed by atoms with Gasteiger partial charge in [0.05, 0.1) is 29.1 Å². The van der Waals surface area contributed by atoms with Gasteiger partial charge in [-0.3, -0.25) is 9.89 Å². The molecule has 1 aliphatic heterocycles. The second-order valence-corrected chi connectivity index (χ2v) is 7.26. The molecule has 0 aliphatic carbocycles. The van der Waals surface area contributed by atoms with E-state index in [0.29, 0.717) is 41.7 Å². The van der Waals surface area contributed by atoms with E-state index in [1.807, 2.05) is 42.2 Å². The van der Waals surface area contributed by atoms with Crippen molar-refractivity contribution in [3.63, 3.8) is 0 Å². The van der Waals surface area contributed by atoms with Gasteiger partial charge in [0.2, 0.25) is 0 Å². The summed E-state index contributed by atoms with van der Waals surface area (Å²) in [6.07, 6.45) is 1.59. The number of amides is 1. The number of carbonyl (C=O) groups excluding carboxylic acids is 1. The number of aromatic amines is 1. The van der Waals surface area contributed by atoms with Crippen LogP contribution >= 0.6 is 11.6 Å². The van der Waals surface area contributed by atoms with Crippen LogP contribution < -0.4 is 9.64 Å². The first kappa shape index (κ1) is 19.3. The van der Waals surface area contributed by atoms with E-state index in [2.05, 4.69) is 27.2 Å². The fraction of sp³-hybridized carbons (Fsp3) is 0.273. The molecule has 0 unspecified atom stereocenters. The van der Waals surface area contributed by atoms with Gasteiger partial charge < -0.3 is 14.5 Å². The minimum Gasteiger partial charge on any atom is -0.492 e. The van der Waals surface area contributed by atoms with E-state index in [4.69, 9.17) is 16.3 Å². The first-order valence-electron chi connectivity index (χ1n) is 9.72. The third-order valence-electron chi connectivity index (χ3n) is 5.08. The molecule has 0 saturated carbocycles. The number of para-hydroxylation sites is 1. The zero-order chi connectivity index (χ0) is 20.2. The molecule has 0 spiro atoms. The number of hydrogen-bond donors (Lipinski definition) is 1. The summed E-state index contributed by atoms with van der Waals surface area (Å²) < 4.78 is 5.49. The van der Waals surface area contributed by atoms with Crippen molar-refractivity contribution in [3.8, 4) is 17.0 Å². The Kier molecular flexibility index (Phi) is 5.71. The van der Waals surface area contributed by atoms with Crippen molar-refractivity contribution in [3.05, 3.63) is 65.3 Å². The first-order valence-corrected chi connectivity index (χ1v) is 10.1. The summed E-state index contributed by atoms with van der Waals surface area (Å²) in [5.74, 6) is 0.605. The highest BCUT2D eigenvalue weighted by atomic mass is 35.5. The summed E-state index contributed by atoms with van der Waals surface area (Å²) >= 11 is 6.32. The molecule has 1 saturated heterocycles. The topological polar surface area (TPSA) is 61.5 Å².